The Hall–Kier alpha value is -4.45. The van der Waals surface area contributed by atoms with Gasteiger partial charge in [-0.1, -0.05) is 59.8 Å². The monoisotopic (exact) mass is 448 g/mol. The van der Waals surface area contributed by atoms with Crippen LogP contribution in [0.3, 0.4) is 0 Å². The largest absolute Gasteiger partial charge is 0.484 e. The molecule has 1 amide bonds. The first-order chi connectivity index (χ1) is 16.6. The molecule has 0 aliphatic heterocycles. The third kappa shape index (κ3) is 4.96. The zero-order valence-electron chi connectivity index (χ0n) is 18.8. The molecule has 0 spiro atoms. The molecule has 1 N–H and O–H groups in total. The Bertz CT molecular complexity index is 1440. The summed E-state index contributed by atoms with van der Waals surface area (Å²) in [7, 11) is 0. The smallest absolute Gasteiger partial charge is 0.262 e. The van der Waals surface area contributed by atoms with Gasteiger partial charge in [0.05, 0.1) is 12.7 Å². The van der Waals surface area contributed by atoms with Crippen molar-refractivity contribution in [3.63, 3.8) is 0 Å². The van der Waals surface area contributed by atoms with Crippen LogP contribution in [-0.2, 0) is 11.3 Å². The van der Waals surface area contributed by atoms with Crippen LogP contribution in [0.4, 0.5) is 5.69 Å². The molecule has 0 bridgehead atoms. The van der Waals surface area contributed by atoms with Crippen molar-refractivity contribution in [3.05, 3.63) is 108 Å². The third-order valence-corrected chi connectivity index (χ3v) is 5.69. The van der Waals surface area contributed by atoms with Gasteiger partial charge < -0.3 is 10.1 Å². The predicted octanol–water partition coefficient (Wildman–Crippen LogP) is 5.47. The lowest BCUT2D eigenvalue weighted by molar-refractivity contribution is -0.118. The summed E-state index contributed by atoms with van der Waals surface area (Å²) in [6, 6.07) is 29.6. The van der Waals surface area contributed by atoms with Gasteiger partial charge in [-0.3, -0.25) is 4.79 Å². The molecule has 0 aliphatic carbocycles. The number of anilines is 1. The normalized spacial score (nSPS) is 10.9. The van der Waals surface area contributed by atoms with Gasteiger partial charge in [0.25, 0.3) is 5.91 Å². The van der Waals surface area contributed by atoms with Crippen LogP contribution in [0.25, 0.3) is 22.0 Å². The number of nitrogens with zero attached hydrogens (tertiary/aromatic N) is 3. The number of ether oxygens (including phenoxy) is 1. The topological polar surface area (TPSA) is 69.0 Å². The minimum atomic E-state index is -0.210. The second-order valence-electron chi connectivity index (χ2n) is 8.15. The van der Waals surface area contributed by atoms with E-state index in [9.17, 15) is 4.79 Å². The van der Waals surface area contributed by atoms with Gasteiger partial charge >= 0.3 is 0 Å². The van der Waals surface area contributed by atoms with E-state index >= 15 is 0 Å². The van der Waals surface area contributed by atoms with Crippen LogP contribution in [0.1, 0.15) is 11.1 Å². The fourth-order valence-electron chi connectivity index (χ4n) is 3.80. The molecule has 6 nitrogen and oxygen atoms in total. The first-order valence-corrected chi connectivity index (χ1v) is 11.1. The first-order valence-electron chi connectivity index (χ1n) is 11.1. The maximum atomic E-state index is 12.3. The van der Waals surface area contributed by atoms with Crippen LogP contribution in [0.2, 0.25) is 0 Å². The molecule has 0 radical (unpaired) electrons. The average molecular weight is 449 g/mol. The summed E-state index contributed by atoms with van der Waals surface area (Å²) in [6.45, 7) is 2.69. The number of rotatable bonds is 7. The molecule has 1 aromatic heterocycles. The Balaban J connectivity index is 1.17. The molecule has 0 atom stereocenters. The Kier molecular flexibility index (Phi) is 6.03. The Morgan fingerprint density at radius 1 is 0.912 bits per heavy atom. The number of hydrogen-bond acceptors (Lipinski definition) is 4. The summed E-state index contributed by atoms with van der Waals surface area (Å²) < 4.78 is 7.50. The Morgan fingerprint density at radius 3 is 2.50 bits per heavy atom. The molecule has 1 heterocycles. The van der Waals surface area contributed by atoms with E-state index in [1.807, 2.05) is 89.7 Å². The molecule has 0 unspecified atom stereocenters. The lowest BCUT2D eigenvalue weighted by atomic mass is 10.1. The van der Waals surface area contributed by atoms with E-state index in [0.29, 0.717) is 12.3 Å². The number of benzene rings is 4. The van der Waals surface area contributed by atoms with Gasteiger partial charge in [0.1, 0.15) is 11.4 Å². The van der Waals surface area contributed by atoms with E-state index in [2.05, 4.69) is 34.7 Å². The quantitative estimate of drug-likeness (QED) is 0.358. The maximum absolute atomic E-state index is 12.3. The van der Waals surface area contributed by atoms with Crippen molar-refractivity contribution in [1.82, 2.24) is 15.0 Å². The van der Waals surface area contributed by atoms with Crippen LogP contribution in [-0.4, -0.2) is 27.5 Å². The highest BCUT2D eigenvalue weighted by Crippen LogP contribution is 2.22. The maximum Gasteiger partial charge on any atom is 0.262 e. The van der Waals surface area contributed by atoms with Crippen LogP contribution in [0.5, 0.6) is 5.75 Å². The molecule has 4 aromatic carbocycles. The Morgan fingerprint density at radius 2 is 1.68 bits per heavy atom. The molecule has 0 saturated carbocycles. The van der Waals surface area contributed by atoms with Gasteiger partial charge in [-0.05, 0) is 65.2 Å². The molecule has 6 heteroatoms. The molecular formula is C28H24N4O2. The van der Waals surface area contributed by atoms with Gasteiger partial charge in [-0.25, -0.2) is 4.68 Å². The number of fused-ring (bicyclic) bond motifs is 1. The van der Waals surface area contributed by atoms with Gasteiger partial charge in [0.2, 0.25) is 0 Å². The van der Waals surface area contributed by atoms with Crippen molar-refractivity contribution < 1.29 is 9.53 Å². The lowest BCUT2D eigenvalue weighted by Crippen LogP contribution is -2.20. The van der Waals surface area contributed by atoms with E-state index in [4.69, 9.17) is 4.74 Å². The van der Waals surface area contributed by atoms with Crippen molar-refractivity contribution in [2.45, 2.75) is 13.5 Å². The highest BCUT2D eigenvalue weighted by Gasteiger charge is 2.08. The van der Waals surface area contributed by atoms with E-state index in [0.717, 1.165) is 27.7 Å². The summed E-state index contributed by atoms with van der Waals surface area (Å²) in [5.74, 6) is 0.406. The van der Waals surface area contributed by atoms with Gasteiger partial charge in [0, 0.05) is 11.3 Å². The number of nitrogens with one attached hydrogen (secondary N) is 1. The van der Waals surface area contributed by atoms with Crippen molar-refractivity contribution in [2.24, 2.45) is 0 Å². The predicted molar refractivity (Wildman–Crippen MR) is 134 cm³/mol. The number of carbonyl (C=O) groups excluding carboxylic acids is 1. The van der Waals surface area contributed by atoms with Gasteiger partial charge in [-0.2, -0.15) is 0 Å². The molecule has 0 saturated heterocycles. The molecule has 5 rings (SSSR count). The minimum absolute atomic E-state index is 0.0707. The summed E-state index contributed by atoms with van der Waals surface area (Å²) >= 11 is 0. The second-order valence-corrected chi connectivity index (χ2v) is 8.15. The highest BCUT2D eigenvalue weighted by atomic mass is 16.5. The van der Waals surface area contributed by atoms with Gasteiger partial charge in [-0.15, -0.1) is 5.10 Å². The minimum Gasteiger partial charge on any atom is -0.484 e. The van der Waals surface area contributed by atoms with Crippen molar-refractivity contribution in [2.75, 3.05) is 11.9 Å². The number of aryl methyl sites for hydroxylation is 1. The Labute approximate surface area is 197 Å². The number of hydrogen-bond donors (Lipinski definition) is 1. The van der Waals surface area contributed by atoms with E-state index in [-0.39, 0.29) is 12.5 Å². The number of carbonyl (C=O) groups is 1. The van der Waals surface area contributed by atoms with Gasteiger partial charge in [0.15, 0.2) is 6.61 Å². The molecule has 168 valence electrons. The lowest BCUT2D eigenvalue weighted by Gasteiger charge is -2.09. The molecule has 34 heavy (non-hydrogen) atoms. The van der Waals surface area contributed by atoms with E-state index in [1.165, 1.54) is 11.1 Å². The number of amides is 1. The fraction of sp³-hybridized carbons (Fsp3) is 0.107. The zero-order valence-corrected chi connectivity index (χ0v) is 18.8. The first kappa shape index (κ1) is 21.4. The summed E-state index contributed by atoms with van der Waals surface area (Å²) in [5, 5.41) is 13.6. The summed E-state index contributed by atoms with van der Waals surface area (Å²) in [4.78, 5) is 12.3. The average Bonchev–Trinajstić information content (AvgIpc) is 3.33. The second kappa shape index (κ2) is 9.58. The van der Waals surface area contributed by atoms with E-state index in [1.54, 1.807) is 0 Å². The van der Waals surface area contributed by atoms with Crippen molar-refractivity contribution in [1.29, 1.82) is 0 Å². The summed E-state index contributed by atoms with van der Waals surface area (Å²) in [6.07, 6.45) is 1.93. The molecular weight excluding hydrogens is 424 g/mol. The SMILES string of the molecule is Cc1ccccc1Cn1cc(-c2ccc(OCC(=O)Nc3ccc4ccccc4c3)cc2)nn1. The number of aromatic nitrogens is 3. The van der Waals surface area contributed by atoms with Crippen molar-refractivity contribution in [3.8, 4) is 17.0 Å². The van der Waals surface area contributed by atoms with Crippen LogP contribution in [0, 0.1) is 6.92 Å². The molecule has 5 aromatic rings. The van der Waals surface area contributed by atoms with Crippen LogP contribution < -0.4 is 10.1 Å². The van der Waals surface area contributed by atoms with Crippen LogP contribution in [0.15, 0.2) is 97.2 Å². The third-order valence-electron chi connectivity index (χ3n) is 5.69. The van der Waals surface area contributed by atoms with Crippen molar-refractivity contribution >= 4 is 22.4 Å². The summed E-state index contributed by atoms with van der Waals surface area (Å²) in [5.41, 5.74) is 4.91. The standard InChI is InChI=1S/C28H24N4O2/c1-20-6-2-3-9-24(20)17-32-18-27(30-31-32)22-11-14-26(15-12-22)34-19-28(33)29-25-13-10-21-7-4-5-8-23(21)16-25/h2-16,18H,17,19H2,1H3,(H,29,33). The molecule has 0 aliphatic rings. The van der Waals surface area contributed by atoms with E-state index < -0.39 is 0 Å². The highest BCUT2D eigenvalue weighted by molar-refractivity contribution is 5.95. The fourth-order valence-corrected chi connectivity index (χ4v) is 3.80. The molecule has 0 fully saturated rings. The zero-order chi connectivity index (χ0) is 23.3. The van der Waals surface area contributed by atoms with Crippen LogP contribution >= 0.6 is 0 Å².